The van der Waals surface area contributed by atoms with Crippen LogP contribution in [0.4, 0.5) is 0 Å². The minimum absolute atomic E-state index is 0.164. The number of hydrogen-bond donors (Lipinski definition) is 0. The van der Waals surface area contributed by atoms with Gasteiger partial charge in [-0.2, -0.15) is 0 Å². The standard InChI is InChI=1S/C25H22O4/c1-3-17-9-14-22-21(15-17)23(26)25(28-16-18-7-5-4-6-8-18)24(29-22)19-10-12-20(27-2)13-11-19/h4-15H,3,16H2,1-2H3. The smallest absolute Gasteiger partial charge is 0.235 e. The molecule has 0 spiro atoms. The van der Waals surface area contributed by atoms with Crippen molar-refractivity contribution >= 4 is 11.0 Å². The van der Waals surface area contributed by atoms with Crippen LogP contribution in [0.3, 0.4) is 0 Å². The van der Waals surface area contributed by atoms with Gasteiger partial charge in [0.25, 0.3) is 0 Å². The number of fused-ring (bicyclic) bond motifs is 1. The third kappa shape index (κ3) is 3.87. The molecule has 4 heteroatoms. The zero-order chi connectivity index (χ0) is 20.2. The van der Waals surface area contributed by atoms with E-state index in [1.165, 1.54) is 0 Å². The highest BCUT2D eigenvalue weighted by Crippen LogP contribution is 2.32. The molecule has 0 amide bonds. The van der Waals surface area contributed by atoms with Gasteiger partial charge in [0, 0.05) is 5.56 Å². The van der Waals surface area contributed by atoms with Crippen molar-refractivity contribution in [2.24, 2.45) is 0 Å². The molecular formula is C25H22O4. The zero-order valence-electron chi connectivity index (χ0n) is 16.5. The van der Waals surface area contributed by atoms with E-state index in [-0.39, 0.29) is 17.8 Å². The van der Waals surface area contributed by atoms with Crippen LogP contribution >= 0.6 is 0 Å². The Morgan fingerprint density at radius 3 is 2.34 bits per heavy atom. The molecule has 0 fully saturated rings. The van der Waals surface area contributed by atoms with Crippen molar-refractivity contribution in [2.75, 3.05) is 7.11 Å². The molecule has 3 aromatic carbocycles. The zero-order valence-corrected chi connectivity index (χ0v) is 16.5. The minimum atomic E-state index is -0.164. The fourth-order valence-corrected chi connectivity index (χ4v) is 3.24. The lowest BCUT2D eigenvalue weighted by Crippen LogP contribution is -2.10. The maximum atomic E-state index is 13.3. The number of rotatable bonds is 6. The van der Waals surface area contributed by atoms with Gasteiger partial charge in [-0.1, -0.05) is 43.3 Å². The molecule has 4 nitrogen and oxygen atoms in total. The molecule has 4 rings (SSSR count). The van der Waals surface area contributed by atoms with Crippen molar-refractivity contribution in [1.82, 2.24) is 0 Å². The van der Waals surface area contributed by atoms with Gasteiger partial charge in [-0.05, 0) is 53.9 Å². The summed E-state index contributed by atoms with van der Waals surface area (Å²) in [5.74, 6) is 1.38. The number of benzene rings is 3. The van der Waals surface area contributed by atoms with Gasteiger partial charge in [0.15, 0.2) is 5.76 Å². The molecule has 0 aliphatic rings. The van der Waals surface area contributed by atoms with Crippen LogP contribution in [0.25, 0.3) is 22.3 Å². The molecule has 0 radical (unpaired) electrons. The van der Waals surface area contributed by atoms with Gasteiger partial charge in [-0.3, -0.25) is 4.79 Å². The predicted octanol–water partition coefficient (Wildman–Crippen LogP) is 5.61. The van der Waals surface area contributed by atoms with Crippen LogP contribution in [0, 0.1) is 0 Å². The molecule has 0 saturated heterocycles. The van der Waals surface area contributed by atoms with Crippen molar-refractivity contribution in [1.29, 1.82) is 0 Å². The number of ether oxygens (including phenoxy) is 2. The first-order valence-electron chi connectivity index (χ1n) is 9.60. The Bertz CT molecular complexity index is 1180. The van der Waals surface area contributed by atoms with Crippen molar-refractivity contribution in [2.45, 2.75) is 20.0 Å². The average Bonchev–Trinajstić information content (AvgIpc) is 2.79. The van der Waals surface area contributed by atoms with Gasteiger partial charge in [0.05, 0.1) is 12.5 Å². The van der Waals surface area contributed by atoms with Crippen molar-refractivity contribution in [3.05, 3.63) is 94.1 Å². The minimum Gasteiger partial charge on any atom is -0.497 e. The van der Waals surface area contributed by atoms with E-state index in [0.29, 0.717) is 16.7 Å². The molecule has 0 aliphatic carbocycles. The quantitative estimate of drug-likeness (QED) is 0.432. The molecular weight excluding hydrogens is 364 g/mol. The lowest BCUT2D eigenvalue weighted by atomic mass is 10.1. The molecule has 29 heavy (non-hydrogen) atoms. The highest BCUT2D eigenvalue weighted by Gasteiger charge is 2.18. The SMILES string of the molecule is CCc1ccc2oc(-c3ccc(OC)cc3)c(OCc3ccccc3)c(=O)c2c1. The summed E-state index contributed by atoms with van der Waals surface area (Å²) in [6.07, 6.45) is 0.843. The molecule has 1 aromatic heterocycles. The van der Waals surface area contributed by atoms with E-state index in [0.717, 1.165) is 28.9 Å². The Balaban J connectivity index is 1.85. The summed E-state index contributed by atoms with van der Waals surface area (Å²) >= 11 is 0. The molecule has 146 valence electrons. The molecule has 0 unspecified atom stereocenters. The van der Waals surface area contributed by atoms with E-state index < -0.39 is 0 Å². The average molecular weight is 386 g/mol. The second-order valence-corrected chi connectivity index (χ2v) is 6.78. The van der Waals surface area contributed by atoms with Crippen LogP contribution in [0.2, 0.25) is 0 Å². The summed E-state index contributed by atoms with van der Waals surface area (Å²) < 4.78 is 17.4. The third-order valence-electron chi connectivity index (χ3n) is 4.90. The number of methoxy groups -OCH3 is 1. The molecule has 4 aromatic rings. The third-order valence-corrected chi connectivity index (χ3v) is 4.90. The maximum Gasteiger partial charge on any atom is 0.235 e. The predicted molar refractivity (Wildman–Crippen MR) is 115 cm³/mol. The molecule has 0 saturated carbocycles. The maximum absolute atomic E-state index is 13.3. The lowest BCUT2D eigenvalue weighted by Gasteiger charge is -2.12. The van der Waals surface area contributed by atoms with Crippen LogP contribution in [-0.4, -0.2) is 7.11 Å². The summed E-state index contributed by atoms with van der Waals surface area (Å²) in [4.78, 5) is 13.3. The van der Waals surface area contributed by atoms with Crippen LogP contribution in [-0.2, 0) is 13.0 Å². The van der Waals surface area contributed by atoms with Crippen molar-refractivity contribution in [3.63, 3.8) is 0 Å². The first kappa shape index (κ1) is 18.8. The van der Waals surface area contributed by atoms with E-state index in [4.69, 9.17) is 13.9 Å². The molecule has 1 heterocycles. The Morgan fingerprint density at radius 1 is 0.897 bits per heavy atom. The van der Waals surface area contributed by atoms with Gasteiger partial charge in [0.1, 0.15) is 17.9 Å². The number of hydrogen-bond acceptors (Lipinski definition) is 4. The Kier molecular flexibility index (Phi) is 5.34. The van der Waals surface area contributed by atoms with Crippen molar-refractivity contribution < 1.29 is 13.9 Å². The summed E-state index contributed by atoms with van der Waals surface area (Å²) in [7, 11) is 1.62. The van der Waals surface area contributed by atoms with Gasteiger partial charge in [-0.25, -0.2) is 0 Å². The van der Waals surface area contributed by atoms with Gasteiger partial charge >= 0.3 is 0 Å². The largest absolute Gasteiger partial charge is 0.497 e. The fraction of sp³-hybridized carbons (Fsp3) is 0.160. The molecule has 0 aliphatic heterocycles. The van der Waals surface area contributed by atoms with Crippen LogP contribution in [0.1, 0.15) is 18.1 Å². The molecule has 0 bridgehead atoms. The van der Waals surface area contributed by atoms with E-state index in [1.807, 2.05) is 72.8 Å². The van der Waals surface area contributed by atoms with Crippen molar-refractivity contribution in [3.8, 4) is 22.8 Å². The second-order valence-electron chi connectivity index (χ2n) is 6.78. The molecule has 0 N–H and O–H groups in total. The van der Waals surface area contributed by atoms with E-state index in [2.05, 4.69) is 6.92 Å². The highest BCUT2D eigenvalue weighted by atomic mass is 16.5. The van der Waals surface area contributed by atoms with E-state index in [9.17, 15) is 4.79 Å². The summed E-state index contributed by atoms with van der Waals surface area (Å²) in [5.41, 5.74) is 3.20. The number of aryl methyl sites for hydroxylation is 1. The second kappa shape index (κ2) is 8.23. The Labute approximate surface area is 169 Å². The van der Waals surface area contributed by atoms with E-state index in [1.54, 1.807) is 7.11 Å². The van der Waals surface area contributed by atoms with Gasteiger partial charge in [0.2, 0.25) is 11.2 Å². The summed E-state index contributed by atoms with van der Waals surface area (Å²) in [5, 5.41) is 0.532. The first-order chi connectivity index (χ1) is 14.2. The topological polar surface area (TPSA) is 48.7 Å². The first-order valence-corrected chi connectivity index (χ1v) is 9.60. The van der Waals surface area contributed by atoms with Gasteiger partial charge < -0.3 is 13.9 Å². The lowest BCUT2D eigenvalue weighted by molar-refractivity contribution is 0.298. The van der Waals surface area contributed by atoms with E-state index >= 15 is 0 Å². The van der Waals surface area contributed by atoms with Crippen LogP contribution < -0.4 is 14.9 Å². The Hall–Kier alpha value is -3.53. The van der Waals surface area contributed by atoms with Crippen LogP contribution in [0.15, 0.2) is 82.0 Å². The summed E-state index contributed by atoms with van der Waals surface area (Å²) in [6, 6.07) is 22.9. The normalized spacial score (nSPS) is 10.8. The summed E-state index contributed by atoms with van der Waals surface area (Å²) in [6.45, 7) is 2.34. The monoisotopic (exact) mass is 386 g/mol. The van der Waals surface area contributed by atoms with Crippen LogP contribution in [0.5, 0.6) is 11.5 Å². The molecule has 0 atom stereocenters. The van der Waals surface area contributed by atoms with Gasteiger partial charge in [-0.15, -0.1) is 0 Å². The highest BCUT2D eigenvalue weighted by molar-refractivity contribution is 5.82. The fourth-order valence-electron chi connectivity index (χ4n) is 3.24. The Morgan fingerprint density at radius 2 is 1.66 bits per heavy atom.